The van der Waals surface area contributed by atoms with E-state index in [1.54, 1.807) is 0 Å². The van der Waals surface area contributed by atoms with Gasteiger partial charge in [0.2, 0.25) is 0 Å². The molecule has 0 bridgehead atoms. The van der Waals surface area contributed by atoms with Crippen molar-refractivity contribution < 1.29 is 0 Å². The normalized spacial score (nSPS) is 11.4. The molecule has 3 nitrogen and oxygen atoms in total. The van der Waals surface area contributed by atoms with E-state index < -0.39 is 0 Å². The fourth-order valence-corrected chi connectivity index (χ4v) is 2.07. The van der Waals surface area contributed by atoms with Gasteiger partial charge in [-0.25, -0.2) is 9.97 Å². The van der Waals surface area contributed by atoms with Gasteiger partial charge in [-0.05, 0) is 37.1 Å². The zero-order chi connectivity index (χ0) is 11.1. The topological polar surface area (TPSA) is 30.2 Å². The monoisotopic (exact) mass is 211 g/mol. The van der Waals surface area contributed by atoms with Crippen molar-refractivity contribution in [2.24, 2.45) is 0 Å². The molecular weight excluding hydrogens is 198 g/mol. The molecular formula is C13H13N3. The van der Waals surface area contributed by atoms with E-state index in [2.05, 4.69) is 29.9 Å². The summed E-state index contributed by atoms with van der Waals surface area (Å²) in [6.07, 6.45) is 2.97. The second-order valence-corrected chi connectivity index (χ2v) is 3.99. The molecule has 3 heterocycles. The zero-order valence-corrected chi connectivity index (χ0v) is 9.44. The molecule has 0 fully saturated rings. The number of pyridine rings is 2. The van der Waals surface area contributed by atoms with Crippen molar-refractivity contribution in [2.45, 2.75) is 20.3 Å². The maximum atomic E-state index is 4.68. The smallest absolute Gasteiger partial charge is 0.164 e. The lowest BCUT2D eigenvalue weighted by Gasteiger charge is -2.01. The number of hydrogen-bond acceptors (Lipinski definition) is 2. The van der Waals surface area contributed by atoms with Gasteiger partial charge in [-0.3, -0.25) is 4.40 Å². The maximum Gasteiger partial charge on any atom is 0.164 e. The van der Waals surface area contributed by atoms with Gasteiger partial charge in [-0.15, -0.1) is 0 Å². The number of fused-ring (bicyclic) bond motifs is 3. The Hall–Kier alpha value is -1.90. The molecule has 0 radical (unpaired) electrons. The van der Waals surface area contributed by atoms with Gasteiger partial charge in [0.25, 0.3) is 0 Å². The quantitative estimate of drug-likeness (QED) is 0.619. The second kappa shape index (κ2) is 3.30. The van der Waals surface area contributed by atoms with Crippen molar-refractivity contribution in [2.75, 3.05) is 0 Å². The molecule has 0 saturated carbocycles. The molecule has 0 aliphatic rings. The minimum Gasteiger partial charge on any atom is -0.284 e. The van der Waals surface area contributed by atoms with Crippen LogP contribution >= 0.6 is 0 Å². The standard InChI is InChI=1S/C13H13N3/c1-3-10-9(2)8-11-13(15-10)16-7-5-4-6-12(16)14-11/h4-8H,3H2,1-2H3. The van der Waals surface area contributed by atoms with Crippen molar-refractivity contribution in [1.82, 2.24) is 14.4 Å². The Morgan fingerprint density at radius 2 is 2.12 bits per heavy atom. The van der Waals surface area contributed by atoms with Gasteiger partial charge in [0.1, 0.15) is 11.2 Å². The van der Waals surface area contributed by atoms with Crippen molar-refractivity contribution in [1.29, 1.82) is 0 Å². The average Bonchev–Trinajstić information content (AvgIpc) is 2.65. The van der Waals surface area contributed by atoms with Crippen LogP contribution in [0, 0.1) is 6.92 Å². The molecule has 3 heteroatoms. The second-order valence-electron chi connectivity index (χ2n) is 3.99. The van der Waals surface area contributed by atoms with Crippen LogP contribution in [0.4, 0.5) is 0 Å². The summed E-state index contributed by atoms with van der Waals surface area (Å²) in [5.41, 5.74) is 5.26. The molecule has 16 heavy (non-hydrogen) atoms. The van der Waals surface area contributed by atoms with Gasteiger partial charge >= 0.3 is 0 Å². The van der Waals surface area contributed by atoms with Crippen LogP contribution in [0.15, 0.2) is 30.5 Å². The first kappa shape index (κ1) is 9.33. The van der Waals surface area contributed by atoms with E-state index in [-0.39, 0.29) is 0 Å². The Kier molecular flexibility index (Phi) is 1.93. The summed E-state index contributed by atoms with van der Waals surface area (Å²) in [5.74, 6) is 0. The largest absolute Gasteiger partial charge is 0.284 e. The van der Waals surface area contributed by atoms with E-state index in [9.17, 15) is 0 Å². The molecule has 3 aromatic heterocycles. The minimum absolute atomic E-state index is 0.956. The molecule has 0 spiro atoms. The fourth-order valence-electron chi connectivity index (χ4n) is 2.07. The molecule has 0 N–H and O–H groups in total. The summed E-state index contributed by atoms with van der Waals surface area (Å²) in [5, 5.41) is 0. The van der Waals surface area contributed by atoms with E-state index in [1.165, 1.54) is 5.56 Å². The van der Waals surface area contributed by atoms with Crippen molar-refractivity contribution in [3.63, 3.8) is 0 Å². The molecule has 80 valence electrons. The summed E-state index contributed by atoms with van der Waals surface area (Å²) < 4.78 is 2.04. The summed E-state index contributed by atoms with van der Waals surface area (Å²) in [7, 11) is 0. The third kappa shape index (κ3) is 1.21. The Labute approximate surface area is 93.8 Å². The molecule has 0 aliphatic carbocycles. The van der Waals surface area contributed by atoms with Crippen LogP contribution in [0.5, 0.6) is 0 Å². The van der Waals surface area contributed by atoms with Crippen molar-refractivity contribution in [3.8, 4) is 0 Å². The van der Waals surface area contributed by atoms with Gasteiger partial charge in [-0.2, -0.15) is 0 Å². The highest BCUT2D eigenvalue weighted by molar-refractivity contribution is 5.77. The number of nitrogens with zero attached hydrogens (tertiary/aromatic N) is 3. The van der Waals surface area contributed by atoms with E-state index in [0.717, 1.165) is 28.9 Å². The number of imidazole rings is 1. The first-order valence-corrected chi connectivity index (χ1v) is 5.53. The molecule has 0 aromatic carbocycles. The number of hydrogen-bond donors (Lipinski definition) is 0. The number of aryl methyl sites for hydroxylation is 2. The molecule has 0 amide bonds. The average molecular weight is 211 g/mol. The van der Waals surface area contributed by atoms with Crippen LogP contribution in [0.3, 0.4) is 0 Å². The molecule has 0 aliphatic heterocycles. The van der Waals surface area contributed by atoms with Gasteiger partial charge in [0.15, 0.2) is 5.65 Å². The van der Waals surface area contributed by atoms with Crippen LogP contribution in [0.25, 0.3) is 16.8 Å². The van der Waals surface area contributed by atoms with Crippen LogP contribution in [0.2, 0.25) is 0 Å². The third-order valence-corrected chi connectivity index (χ3v) is 2.91. The summed E-state index contributed by atoms with van der Waals surface area (Å²) in [6, 6.07) is 8.12. The van der Waals surface area contributed by atoms with E-state index >= 15 is 0 Å². The Morgan fingerprint density at radius 1 is 1.25 bits per heavy atom. The molecule has 0 saturated heterocycles. The molecule has 0 unspecified atom stereocenters. The Bertz CT molecular complexity index is 667. The SMILES string of the molecule is CCc1nc2c(cc1C)nc1ccccn12. The Balaban J connectivity index is 2.47. The van der Waals surface area contributed by atoms with E-state index in [1.807, 2.05) is 28.8 Å². The van der Waals surface area contributed by atoms with Gasteiger partial charge in [0, 0.05) is 11.9 Å². The van der Waals surface area contributed by atoms with Crippen LogP contribution in [-0.4, -0.2) is 14.4 Å². The van der Waals surface area contributed by atoms with Crippen molar-refractivity contribution in [3.05, 3.63) is 41.7 Å². The lowest BCUT2D eigenvalue weighted by Crippen LogP contribution is -1.94. The lowest BCUT2D eigenvalue weighted by molar-refractivity contribution is 1.01. The van der Waals surface area contributed by atoms with Gasteiger partial charge in [-0.1, -0.05) is 13.0 Å². The van der Waals surface area contributed by atoms with Gasteiger partial charge in [0.05, 0.1) is 0 Å². The first-order valence-electron chi connectivity index (χ1n) is 5.53. The summed E-state index contributed by atoms with van der Waals surface area (Å²) in [6.45, 7) is 4.22. The predicted octanol–water partition coefficient (Wildman–Crippen LogP) is 2.75. The maximum absolute atomic E-state index is 4.68. The summed E-state index contributed by atoms with van der Waals surface area (Å²) >= 11 is 0. The highest BCUT2D eigenvalue weighted by Crippen LogP contribution is 2.18. The van der Waals surface area contributed by atoms with Crippen LogP contribution < -0.4 is 0 Å². The van der Waals surface area contributed by atoms with Crippen LogP contribution in [-0.2, 0) is 6.42 Å². The van der Waals surface area contributed by atoms with Crippen LogP contribution in [0.1, 0.15) is 18.2 Å². The first-order chi connectivity index (χ1) is 7.79. The minimum atomic E-state index is 0.956. The number of aromatic nitrogens is 3. The third-order valence-electron chi connectivity index (χ3n) is 2.91. The lowest BCUT2D eigenvalue weighted by atomic mass is 10.2. The van der Waals surface area contributed by atoms with Crippen molar-refractivity contribution >= 4 is 16.8 Å². The zero-order valence-electron chi connectivity index (χ0n) is 9.44. The highest BCUT2D eigenvalue weighted by atomic mass is 15.1. The summed E-state index contributed by atoms with van der Waals surface area (Å²) in [4.78, 5) is 9.23. The highest BCUT2D eigenvalue weighted by Gasteiger charge is 2.07. The van der Waals surface area contributed by atoms with E-state index in [0.29, 0.717) is 0 Å². The number of rotatable bonds is 1. The van der Waals surface area contributed by atoms with Gasteiger partial charge < -0.3 is 0 Å². The molecule has 0 atom stereocenters. The van der Waals surface area contributed by atoms with E-state index in [4.69, 9.17) is 0 Å². The Morgan fingerprint density at radius 3 is 2.94 bits per heavy atom. The molecule has 3 aromatic rings. The fraction of sp³-hybridized carbons (Fsp3) is 0.231. The molecule has 3 rings (SSSR count). The predicted molar refractivity (Wildman–Crippen MR) is 64.6 cm³/mol.